The fourth-order valence-corrected chi connectivity index (χ4v) is 2.37. The van der Waals surface area contributed by atoms with Gasteiger partial charge in [0.15, 0.2) is 5.58 Å². The molecule has 0 bridgehead atoms. The second-order valence-corrected chi connectivity index (χ2v) is 4.71. The Labute approximate surface area is 111 Å². The van der Waals surface area contributed by atoms with Gasteiger partial charge in [0.1, 0.15) is 11.6 Å². The Kier molecular flexibility index (Phi) is 4.25. The molecule has 0 saturated heterocycles. The summed E-state index contributed by atoms with van der Waals surface area (Å²) in [7, 11) is 0. The van der Waals surface area contributed by atoms with Gasteiger partial charge >= 0.3 is 0 Å². The summed E-state index contributed by atoms with van der Waals surface area (Å²) in [6.07, 6.45) is 1.86. The summed E-state index contributed by atoms with van der Waals surface area (Å²) in [6, 6.07) is 2.80. The van der Waals surface area contributed by atoms with Crippen molar-refractivity contribution in [1.82, 2.24) is 5.32 Å². The SMILES string of the molecule is CCCc1c(CNCC)oc2c(Cl)cc(F)cc12. The molecule has 0 aliphatic carbocycles. The van der Waals surface area contributed by atoms with Crippen LogP contribution in [-0.4, -0.2) is 6.54 Å². The van der Waals surface area contributed by atoms with Crippen LogP contribution in [0.3, 0.4) is 0 Å². The lowest BCUT2D eigenvalue weighted by molar-refractivity contribution is 0.512. The first-order chi connectivity index (χ1) is 8.67. The minimum Gasteiger partial charge on any atom is -0.458 e. The number of hydrogen-bond acceptors (Lipinski definition) is 2. The van der Waals surface area contributed by atoms with E-state index < -0.39 is 0 Å². The van der Waals surface area contributed by atoms with Crippen LogP contribution < -0.4 is 5.32 Å². The molecule has 1 aromatic heterocycles. The number of fused-ring (bicyclic) bond motifs is 1. The molecule has 4 heteroatoms. The van der Waals surface area contributed by atoms with Crippen LogP contribution in [0.2, 0.25) is 5.02 Å². The molecule has 1 heterocycles. The maximum Gasteiger partial charge on any atom is 0.153 e. The van der Waals surface area contributed by atoms with E-state index in [2.05, 4.69) is 12.2 Å². The second-order valence-electron chi connectivity index (χ2n) is 4.30. The monoisotopic (exact) mass is 269 g/mol. The quantitative estimate of drug-likeness (QED) is 0.876. The van der Waals surface area contributed by atoms with E-state index in [1.54, 1.807) is 0 Å². The minimum absolute atomic E-state index is 0.319. The zero-order valence-electron chi connectivity index (χ0n) is 10.6. The number of halogens is 2. The second kappa shape index (κ2) is 5.72. The predicted octanol–water partition coefficient (Wildman–Crippen LogP) is 4.29. The molecule has 2 rings (SSSR count). The van der Waals surface area contributed by atoms with Crippen molar-refractivity contribution in [2.45, 2.75) is 33.2 Å². The molecule has 1 aromatic carbocycles. The van der Waals surface area contributed by atoms with E-state index in [1.807, 2.05) is 6.92 Å². The molecule has 0 aliphatic rings. The lowest BCUT2D eigenvalue weighted by Gasteiger charge is -2.01. The van der Waals surface area contributed by atoms with Crippen molar-refractivity contribution >= 4 is 22.6 Å². The summed E-state index contributed by atoms with van der Waals surface area (Å²) >= 11 is 6.03. The average Bonchev–Trinajstić information content (AvgIpc) is 2.66. The number of nitrogens with one attached hydrogen (secondary N) is 1. The van der Waals surface area contributed by atoms with E-state index >= 15 is 0 Å². The molecule has 98 valence electrons. The van der Waals surface area contributed by atoms with Gasteiger partial charge < -0.3 is 9.73 Å². The van der Waals surface area contributed by atoms with Crippen molar-refractivity contribution in [2.75, 3.05) is 6.54 Å². The van der Waals surface area contributed by atoms with Gasteiger partial charge in [0.05, 0.1) is 11.6 Å². The Morgan fingerprint density at radius 2 is 2.11 bits per heavy atom. The molecular weight excluding hydrogens is 253 g/mol. The topological polar surface area (TPSA) is 25.2 Å². The summed E-state index contributed by atoms with van der Waals surface area (Å²) in [5, 5.41) is 4.37. The van der Waals surface area contributed by atoms with Gasteiger partial charge in [-0.1, -0.05) is 31.9 Å². The van der Waals surface area contributed by atoms with Crippen molar-refractivity contribution in [3.63, 3.8) is 0 Å². The van der Waals surface area contributed by atoms with Crippen LogP contribution in [-0.2, 0) is 13.0 Å². The predicted molar refractivity (Wildman–Crippen MR) is 72.6 cm³/mol. The fourth-order valence-electron chi connectivity index (χ4n) is 2.13. The van der Waals surface area contributed by atoms with Crippen LogP contribution >= 0.6 is 11.6 Å². The first-order valence-corrected chi connectivity index (χ1v) is 6.65. The van der Waals surface area contributed by atoms with E-state index in [1.165, 1.54) is 12.1 Å². The van der Waals surface area contributed by atoms with E-state index in [9.17, 15) is 4.39 Å². The molecule has 0 saturated carbocycles. The average molecular weight is 270 g/mol. The maximum absolute atomic E-state index is 13.4. The lowest BCUT2D eigenvalue weighted by Crippen LogP contribution is -2.12. The van der Waals surface area contributed by atoms with Crippen LogP contribution in [0.4, 0.5) is 4.39 Å². The van der Waals surface area contributed by atoms with Gasteiger partial charge in [-0.15, -0.1) is 0 Å². The summed E-state index contributed by atoms with van der Waals surface area (Å²) < 4.78 is 19.2. The van der Waals surface area contributed by atoms with Crippen molar-refractivity contribution in [3.05, 3.63) is 34.3 Å². The van der Waals surface area contributed by atoms with Gasteiger partial charge in [0.2, 0.25) is 0 Å². The van der Waals surface area contributed by atoms with E-state index in [4.69, 9.17) is 16.0 Å². The van der Waals surface area contributed by atoms with E-state index in [0.29, 0.717) is 17.2 Å². The van der Waals surface area contributed by atoms with Crippen LogP contribution in [0.25, 0.3) is 11.0 Å². The van der Waals surface area contributed by atoms with E-state index in [0.717, 1.165) is 36.1 Å². The smallest absolute Gasteiger partial charge is 0.153 e. The molecule has 0 radical (unpaired) electrons. The molecule has 0 fully saturated rings. The standard InChI is InChI=1S/C14H17ClFNO/c1-3-5-10-11-6-9(16)7-12(15)14(11)18-13(10)8-17-4-2/h6-7,17H,3-5,8H2,1-2H3. The Bertz CT molecular complexity index is 550. The summed E-state index contributed by atoms with van der Waals surface area (Å²) in [4.78, 5) is 0. The number of hydrogen-bond donors (Lipinski definition) is 1. The Balaban J connectivity index is 2.55. The van der Waals surface area contributed by atoms with Crippen molar-refractivity contribution in [2.24, 2.45) is 0 Å². The maximum atomic E-state index is 13.4. The Morgan fingerprint density at radius 1 is 1.33 bits per heavy atom. The lowest BCUT2D eigenvalue weighted by atomic mass is 10.1. The molecule has 2 aromatic rings. The first kappa shape index (κ1) is 13.4. The molecular formula is C14H17ClFNO. The Hall–Kier alpha value is -1.06. The van der Waals surface area contributed by atoms with Crippen LogP contribution in [0, 0.1) is 5.82 Å². The highest BCUT2D eigenvalue weighted by Crippen LogP contribution is 2.33. The highest BCUT2D eigenvalue weighted by molar-refractivity contribution is 6.34. The highest BCUT2D eigenvalue weighted by Gasteiger charge is 2.16. The third kappa shape index (κ3) is 2.52. The Morgan fingerprint density at radius 3 is 2.78 bits per heavy atom. The molecule has 2 nitrogen and oxygen atoms in total. The molecule has 0 spiro atoms. The number of furan rings is 1. The fraction of sp³-hybridized carbons (Fsp3) is 0.429. The van der Waals surface area contributed by atoms with Gasteiger partial charge in [0, 0.05) is 10.9 Å². The normalized spacial score (nSPS) is 11.3. The van der Waals surface area contributed by atoms with Crippen LogP contribution in [0.15, 0.2) is 16.5 Å². The van der Waals surface area contributed by atoms with Gasteiger partial charge in [-0.25, -0.2) is 4.39 Å². The molecule has 1 N–H and O–H groups in total. The van der Waals surface area contributed by atoms with Gasteiger partial charge in [-0.2, -0.15) is 0 Å². The minimum atomic E-state index is -0.319. The summed E-state index contributed by atoms with van der Waals surface area (Å²) in [5.41, 5.74) is 1.66. The van der Waals surface area contributed by atoms with E-state index in [-0.39, 0.29) is 5.82 Å². The summed E-state index contributed by atoms with van der Waals surface area (Å²) in [5.74, 6) is 0.543. The first-order valence-electron chi connectivity index (χ1n) is 6.27. The molecule has 0 aliphatic heterocycles. The summed E-state index contributed by atoms with van der Waals surface area (Å²) in [6.45, 7) is 5.65. The van der Waals surface area contributed by atoms with Crippen molar-refractivity contribution < 1.29 is 8.81 Å². The van der Waals surface area contributed by atoms with Gasteiger partial charge in [-0.05, 0) is 25.1 Å². The van der Waals surface area contributed by atoms with Gasteiger partial charge in [0.25, 0.3) is 0 Å². The van der Waals surface area contributed by atoms with Crippen LogP contribution in [0.5, 0.6) is 0 Å². The van der Waals surface area contributed by atoms with Crippen LogP contribution in [0.1, 0.15) is 31.6 Å². The molecule has 18 heavy (non-hydrogen) atoms. The number of rotatable bonds is 5. The highest BCUT2D eigenvalue weighted by atomic mass is 35.5. The molecule has 0 unspecified atom stereocenters. The van der Waals surface area contributed by atoms with Crippen molar-refractivity contribution in [1.29, 1.82) is 0 Å². The molecule has 0 atom stereocenters. The third-order valence-electron chi connectivity index (χ3n) is 2.93. The van der Waals surface area contributed by atoms with Gasteiger partial charge in [-0.3, -0.25) is 0 Å². The zero-order valence-corrected chi connectivity index (χ0v) is 11.4. The van der Waals surface area contributed by atoms with Crippen molar-refractivity contribution in [3.8, 4) is 0 Å². The number of benzene rings is 1. The zero-order chi connectivity index (χ0) is 13.1. The largest absolute Gasteiger partial charge is 0.458 e. The molecule has 0 amide bonds. The number of aryl methyl sites for hydroxylation is 1. The third-order valence-corrected chi connectivity index (χ3v) is 3.21.